The molecule has 11 heavy (non-hydrogen) atoms. The monoisotopic (exact) mass is 165 g/mol. The zero-order valence-electron chi connectivity index (χ0n) is 7.69. The van der Waals surface area contributed by atoms with E-state index in [1.165, 1.54) is 0 Å². The van der Waals surface area contributed by atoms with E-state index in [1.54, 1.807) is 11.9 Å². The van der Waals surface area contributed by atoms with Crippen molar-refractivity contribution in [1.29, 1.82) is 0 Å². The molecule has 1 nitrogen and oxygen atoms in total. The number of alkyl halides is 2. The standard InChI is InChI=1S/C6H11F2N.C2H6/c1-6(7,8)5-3-4-9(5)2;1-2/h5H,3-4H2,1-2H3;1-2H3/t5-;/m0./s1. The Kier molecular flexibility index (Phi) is 3.93. The van der Waals surface area contributed by atoms with Crippen molar-refractivity contribution in [3.63, 3.8) is 0 Å². The maximum absolute atomic E-state index is 12.4. The Morgan fingerprint density at radius 2 is 1.82 bits per heavy atom. The fraction of sp³-hybridized carbons (Fsp3) is 1.00. The molecular weight excluding hydrogens is 148 g/mol. The maximum atomic E-state index is 12.4. The van der Waals surface area contributed by atoms with Crippen LogP contribution in [0.5, 0.6) is 0 Å². The smallest absolute Gasteiger partial charge is 0.260 e. The molecule has 0 N–H and O–H groups in total. The highest BCUT2D eigenvalue weighted by atomic mass is 19.3. The molecule has 0 aromatic heterocycles. The largest absolute Gasteiger partial charge is 0.298 e. The van der Waals surface area contributed by atoms with Crippen LogP contribution in [0.1, 0.15) is 27.2 Å². The summed E-state index contributed by atoms with van der Waals surface area (Å²) in [4.78, 5) is 1.68. The zero-order chi connectivity index (χ0) is 9.07. The molecule has 0 amide bonds. The summed E-state index contributed by atoms with van der Waals surface area (Å²) in [6, 6.07) is -0.502. The number of hydrogen-bond acceptors (Lipinski definition) is 1. The van der Waals surface area contributed by atoms with E-state index >= 15 is 0 Å². The van der Waals surface area contributed by atoms with Crippen molar-refractivity contribution in [3.8, 4) is 0 Å². The van der Waals surface area contributed by atoms with Gasteiger partial charge in [0, 0.05) is 13.5 Å². The third-order valence-corrected chi connectivity index (χ3v) is 1.87. The lowest BCUT2D eigenvalue weighted by molar-refractivity contribution is -0.0992. The highest BCUT2D eigenvalue weighted by Crippen LogP contribution is 2.30. The molecule has 0 saturated carbocycles. The normalized spacial score (nSPS) is 25.1. The van der Waals surface area contributed by atoms with Gasteiger partial charge in [-0.2, -0.15) is 0 Å². The van der Waals surface area contributed by atoms with Crippen molar-refractivity contribution in [1.82, 2.24) is 4.90 Å². The number of likely N-dealkylation sites (tertiary alicyclic amines) is 1. The molecule has 0 aromatic carbocycles. The Hall–Kier alpha value is -0.180. The Bertz CT molecular complexity index is 109. The van der Waals surface area contributed by atoms with E-state index < -0.39 is 12.0 Å². The molecule has 0 aromatic rings. The van der Waals surface area contributed by atoms with Gasteiger partial charge in [-0.05, 0) is 13.5 Å². The molecule has 1 saturated heterocycles. The topological polar surface area (TPSA) is 3.24 Å². The third kappa shape index (κ3) is 2.73. The first-order chi connectivity index (χ1) is 5.02. The van der Waals surface area contributed by atoms with E-state index in [0.29, 0.717) is 6.42 Å². The maximum Gasteiger partial charge on any atom is 0.260 e. The number of rotatable bonds is 1. The SMILES string of the molecule is CC.CN1CC[C@H]1C(C)(F)F. The molecule has 68 valence electrons. The van der Waals surface area contributed by atoms with Crippen molar-refractivity contribution in [2.75, 3.05) is 13.6 Å². The van der Waals surface area contributed by atoms with Gasteiger partial charge in [0.15, 0.2) is 0 Å². The number of nitrogens with zero attached hydrogens (tertiary/aromatic N) is 1. The molecular formula is C8H17F2N. The molecule has 0 aliphatic carbocycles. The van der Waals surface area contributed by atoms with Gasteiger partial charge in [-0.25, -0.2) is 8.78 Å². The van der Waals surface area contributed by atoms with Crippen LogP contribution in [-0.4, -0.2) is 30.5 Å². The third-order valence-electron chi connectivity index (χ3n) is 1.87. The summed E-state index contributed by atoms with van der Waals surface area (Å²) in [5.74, 6) is -2.51. The predicted molar refractivity (Wildman–Crippen MR) is 43.0 cm³/mol. The summed E-state index contributed by atoms with van der Waals surface area (Å²) >= 11 is 0. The number of hydrogen-bond donors (Lipinski definition) is 0. The van der Waals surface area contributed by atoms with Crippen LogP contribution in [0.25, 0.3) is 0 Å². The van der Waals surface area contributed by atoms with Crippen LogP contribution in [0.15, 0.2) is 0 Å². The minimum Gasteiger partial charge on any atom is -0.298 e. The van der Waals surface area contributed by atoms with Gasteiger partial charge in [0.25, 0.3) is 5.92 Å². The lowest BCUT2D eigenvalue weighted by Gasteiger charge is -2.41. The Morgan fingerprint density at radius 1 is 1.36 bits per heavy atom. The Balaban J connectivity index is 0.000000461. The molecule has 1 aliphatic rings. The summed E-state index contributed by atoms with van der Waals surface area (Å²) in [6.07, 6.45) is 0.639. The molecule has 1 rings (SSSR count). The van der Waals surface area contributed by atoms with Crippen molar-refractivity contribution < 1.29 is 8.78 Å². The van der Waals surface area contributed by atoms with E-state index in [9.17, 15) is 8.78 Å². The van der Waals surface area contributed by atoms with Gasteiger partial charge in [-0.1, -0.05) is 13.8 Å². The zero-order valence-corrected chi connectivity index (χ0v) is 7.69. The first kappa shape index (κ1) is 10.8. The molecule has 0 unspecified atom stereocenters. The second-order valence-electron chi connectivity index (χ2n) is 2.74. The first-order valence-electron chi connectivity index (χ1n) is 4.10. The minimum atomic E-state index is -2.51. The van der Waals surface area contributed by atoms with Crippen LogP contribution in [0.3, 0.4) is 0 Å². The van der Waals surface area contributed by atoms with Crippen LogP contribution >= 0.6 is 0 Å². The van der Waals surface area contributed by atoms with E-state index in [4.69, 9.17) is 0 Å². The van der Waals surface area contributed by atoms with Crippen LogP contribution in [0, 0.1) is 0 Å². The van der Waals surface area contributed by atoms with Crippen molar-refractivity contribution in [2.24, 2.45) is 0 Å². The van der Waals surface area contributed by atoms with Crippen LogP contribution in [-0.2, 0) is 0 Å². The van der Waals surface area contributed by atoms with E-state index in [-0.39, 0.29) is 0 Å². The van der Waals surface area contributed by atoms with Gasteiger partial charge in [-0.3, -0.25) is 4.90 Å². The van der Waals surface area contributed by atoms with Gasteiger partial charge in [0.05, 0.1) is 6.04 Å². The molecule has 0 radical (unpaired) electrons. The molecule has 0 bridgehead atoms. The van der Waals surface area contributed by atoms with Crippen molar-refractivity contribution in [2.45, 2.75) is 39.2 Å². The van der Waals surface area contributed by atoms with Gasteiger partial charge < -0.3 is 0 Å². The van der Waals surface area contributed by atoms with Crippen LogP contribution in [0.2, 0.25) is 0 Å². The lowest BCUT2D eigenvalue weighted by Crippen LogP contribution is -2.54. The molecule has 1 fully saturated rings. The average Bonchev–Trinajstić information content (AvgIpc) is 1.86. The first-order valence-corrected chi connectivity index (χ1v) is 4.10. The van der Waals surface area contributed by atoms with Gasteiger partial charge in [0.1, 0.15) is 0 Å². The van der Waals surface area contributed by atoms with E-state index in [2.05, 4.69) is 0 Å². The molecule has 3 heteroatoms. The quantitative estimate of drug-likeness (QED) is 0.576. The van der Waals surface area contributed by atoms with Crippen LogP contribution < -0.4 is 0 Å². The van der Waals surface area contributed by atoms with Gasteiger partial charge >= 0.3 is 0 Å². The summed E-state index contributed by atoms with van der Waals surface area (Å²) in [6.45, 7) is 5.79. The number of halogens is 2. The molecule has 1 heterocycles. The second kappa shape index (κ2) is 4.00. The highest BCUT2D eigenvalue weighted by Gasteiger charge is 2.41. The fourth-order valence-electron chi connectivity index (χ4n) is 1.16. The Morgan fingerprint density at radius 3 is 1.82 bits per heavy atom. The summed E-state index contributed by atoms with van der Waals surface area (Å²) in [7, 11) is 1.73. The fourth-order valence-corrected chi connectivity index (χ4v) is 1.16. The van der Waals surface area contributed by atoms with Gasteiger partial charge in [-0.15, -0.1) is 0 Å². The molecule has 1 atom stereocenters. The van der Waals surface area contributed by atoms with Crippen molar-refractivity contribution >= 4 is 0 Å². The van der Waals surface area contributed by atoms with Gasteiger partial charge in [0.2, 0.25) is 0 Å². The summed E-state index contributed by atoms with van der Waals surface area (Å²) in [5, 5.41) is 0. The molecule has 0 spiro atoms. The summed E-state index contributed by atoms with van der Waals surface area (Å²) in [5.41, 5.74) is 0. The van der Waals surface area contributed by atoms with Crippen LogP contribution in [0.4, 0.5) is 8.78 Å². The van der Waals surface area contributed by atoms with E-state index in [1.807, 2.05) is 13.8 Å². The second-order valence-corrected chi connectivity index (χ2v) is 2.74. The molecule has 1 aliphatic heterocycles. The predicted octanol–water partition coefficient (Wildman–Crippen LogP) is 2.37. The summed E-state index contributed by atoms with van der Waals surface area (Å²) < 4.78 is 24.8. The Labute approximate surface area is 67.4 Å². The van der Waals surface area contributed by atoms with Crippen molar-refractivity contribution in [3.05, 3.63) is 0 Å². The minimum absolute atomic E-state index is 0.502. The average molecular weight is 165 g/mol. The van der Waals surface area contributed by atoms with E-state index in [0.717, 1.165) is 13.5 Å². The lowest BCUT2D eigenvalue weighted by atomic mass is 9.99. The highest BCUT2D eigenvalue weighted by molar-refractivity contribution is 4.88.